The molecule has 2 heterocycles. The van der Waals surface area contributed by atoms with Gasteiger partial charge in [0.05, 0.1) is 12.1 Å². The molecule has 0 radical (unpaired) electrons. The van der Waals surface area contributed by atoms with Crippen LogP contribution in [-0.4, -0.2) is 30.0 Å². The van der Waals surface area contributed by atoms with E-state index in [1.54, 1.807) is 0 Å². The predicted octanol–water partition coefficient (Wildman–Crippen LogP) is 3.14. The van der Waals surface area contributed by atoms with E-state index < -0.39 is 0 Å². The van der Waals surface area contributed by atoms with E-state index in [-0.39, 0.29) is 30.0 Å². The summed E-state index contributed by atoms with van der Waals surface area (Å²) in [6, 6.07) is 10.7. The number of ether oxygens (including phenoxy) is 1. The van der Waals surface area contributed by atoms with Crippen molar-refractivity contribution in [2.75, 3.05) is 5.32 Å². The topological polar surface area (TPSA) is 89.5 Å². The van der Waals surface area contributed by atoms with Crippen LogP contribution in [0.4, 0.5) is 5.69 Å². The first-order valence-electron chi connectivity index (χ1n) is 8.35. The highest BCUT2D eigenvalue weighted by molar-refractivity contribution is 5.51. The van der Waals surface area contributed by atoms with Crippen LogP contribution < -0.4 is 5.32 Å². The highest BCUT2D eigenvalue weighted by Crippen LogP contribution is 2.46. The zero-order chi connectivity index (χ0) is 19.6. The molecule has 0 amide bonds. The molecule has 0 aliphatic carbocycles. The van der Waals surface area contributed by atoms with Gasteiger partial charge < -0.3 is 10.1 Å². The van der Waals surface area contributed by atoms with Crippen LogP contribution in [0.25, 0.3) is 0 Å². The third kappa shape index (κ3) is 4.64. The second-order valence-electron chi connectivity index (χ2n) is 6.02. The molecule has 0 spiro atoms. The lowest BCUT2D eigenvalue weighted by Crippen LogP contribution is -2.45. The fourth-order valence-electron chi connectivity index (χ4n) is 3.36. The number of rotatable bonds is 5. The Bertz CT molecular complexity index is 701. The molecule has 1 N–H and O–H groups in total. The van der Waals surface area contributed by atoms with E-state index in [2.05, 4.69) is 62.5 Å². The van der Waals surface area contributed by atoms with Gasteiger partial charge in [0.2, 0.25) is 0 Å². The van der Waals surface area contributed by atoms with Gasteiger partial charge in [0.25, 0.3) is 0 Å². The van der Waals surface area contributed by atoms with Crippen molar-refractivity contribution in [1.82, 2.24) is 0 Å². The molecule has 6 nitrogen and oxygen atoms in total. The summed E-state index contributed by atoms with van der Waals surface area (Å²) < 4.78 is 6.32. The zero-order valence-corrected chi connectivity index (χ0v) is 15.2. The number of para-hydroxylation sites is 1. The molecule has 0 aromatic heterocycles. The van der Waals surface area contributed by atoms with Gasteiger partial charge in [-0.1, -0.05) is 37.6 Å². The molecular weight excluding hydrogens is 334 g/mol. The van der Waals surface area contributed by atoms with Crippen molar-refractivity contribution in [2.45, 2.75) is 51.4 Å². The normalized spacial score (nSPS) is 23.0. The predicted molar refractivity (Wildman–Crippen MR) is 93.9 cm³/mol. The maximum atomic E-state index is 8.12. The molecule has 0 saturated heterocycles. The Morgan fingerprint density at radius 1 is 1.12 bits per heavy atom. The molecule has 2 aliphatic heterocycles. The lowest BCUT2D eigenvalue weighted by Gasteiger charge is -2.36. The van der Waals surface area contributed by atoms with Crippen LogP contribution in [0.1, 0.15) is 33.6 Å². The van der Waals surface area contributed by atoms with Gasteiger partial charge >= 0.3 is 12.3 Å². The molecule has 3 atom stereocenters. The largest absolute Gasteiger partial charge is 0.379 e. The summed E-state index contributed by atoms with van der Waals surface area (Å²) in [6.07, 6.45) is 7.39. The number of hydrogen-bond acceptors (Lipinski definition) is 6. The average Bonchev–Trinajstić information content (AvgIpc) is 3.17. The second kappa shape index (κ2) is 10.3. The lowest BCUT2D eigenvalue weighted by molar-refractivity contribution is -0.193. The molecular formula is C20H23NO5. The molecule has 138 valence electrons. The molecule has 2 aliphatic rings. The van der Waals surface area contributed by atoms with Crippen LogP contribution in [0.2, 0.25) is 0 Å². The second-order valence-corrected chi connectivity index (χ2v) is 6.02. The molecule has 1 aromatic rings. The molecule has 0 fully saturated rings. The maximum Gasteiger partial charge on any atom is 0.373 e. The molecule has 2 bridgehead atoms. The van der Waals surface area contributed by atoms with Crippen molar-refractivity contribution in [3.63, 3.8) is 0 Å². The molecule has 6 heteroatoms. The van der Waals surface area contributed by atoms with Gasteiger partial charge in [-0.2, -0.15) is 19.2 Å². The fraction of sp³-hybridized carbons (Fsp3) is 0.400. The minimum absolute atomic E-state index is 0.187. The molecule has 3 rings (SSSR count). The molecule has 26 heavy (non-hydrogen) atoms. The number of hydrogen-bond donors (Lipinski definition) is 1. The average molecular weight is 357 g/mol. The smallest absolute Gasteiger partial charge is 0.373 e. The first kappa shape index (κ1) is 21.3. The summed E-state index contributed by atoms with van der Waals surface area (Å²) in [6.45, 7) is 6.64. The van der Waals surface area contributed by atoms with Crippen LogP contribution >= 0.6 is 0 Å². The van der Waals surface area contributed by atoms with E-state index in [9.17, 15) is 0 Å². The number of anilines is 1. The SMILES string of the molecule is CCC[C@H](Nc1ccccc1)C12C=C[C@H](O1)C(C)=C2C.O=C=O.O=C=O. The summed E-state index contributed by atoms with van der Waals surface area (Å²) in [5.74, 6) is 0. The minimum Gasteiger partial charge on any atom is -0.379 e. The summed E-state index contributed by atoms with van der Waals surface area (Å²) >= 11 is 0. The van der Waals surface area contributed by atoms with Crippen molar-refractivity contribution in [3.8, 4) is 0 Å². The third-order valence-corrected chi connectivity index (χ3v) is 4.65. The van der Waals surface area contributed by atoms with Crippen molar-refractivity contribution >= 4 is 18.0 Å². The van der Waals surface area contributed by atoms with Crippen molar-refractivity contribution in [2.24, 2.45) is 0 Å². The highest BCUT2D eigenvalue weighted by atomic mass is 16.5. The Morgan fingerprint density at radius 2 is 1.69 bits per heavy atom. The van der Waals surface area contributed by atoms with Crippen molar-refractivity contribution < 1.29 is 23.9 Å². The van der Waals surface area contributed by atoms with Crippen LogP contribution in [0.15, 0.2) is 53.6 Å². The van der Waals surface area contributed by atoms with Crippen LogP contribution in [0.3, 0.4) is 0 Å². The molecule has 0 saturated carbocycles. The fourth-order valence-corrected chi connectivity index (χ4v) is 3.36. The molecule has 1 aromatic carbocycles. The lowest BCUT2D eigenvalue weighted by atomic mass is 9.81. The number of fused-ring (bicyclic) bond motifs is 2. The third-order valence-electron chi connectivity index (χ3n) is 4.65. The van der Waals surface area contributed by atoms with Gasteiger partial charge in [0, 0.05) is 5.69 Å². The first-order valence-corrected chi connectivity index (χ1v) is 8.35. The van der Waals surface area contributed by atoms with Gasteiger partial charge in [0.1, 0.15) is 5.60 Å². The van der Waals surface area contributed by atoms with E-state index in [4.69, 9.17) is 23.9 Å². The van der Waals surface area contributed by atoms with Crippen LogP contribution in [0.5, 0.6) is 0 Å². The van der Waals surface area contributed by atoms with E-state index >= 15 is 0 Å². The summed E-state index contributed by atoms with van der Waals surface area (Å²) in [7, 11) is 0. The van der Waals surface area contributed by atoms with E-state index in [1.807, 2.05) is 6.07 Å². The Kier molecular flexibility index (Phi) is 8.40. The number of benzene rings is 1. The van der Waals surface area contributed by atoms with Crippen LogP contribution in [0, 0.1) is 0 Å². The van der Waals surface area contributed by atoms with E-state index in [0.29, 0.717) is 0 Å². The Balaban J connectivity index is 0.000000499. The highest BCUT2D eigenvalue weighted by Gasteiger charge is 2.50. The van der Waals surface area contributed by atoms with Gasteiger partial charge in [-0.15, -0.1) is 0 Å². The monoisotopic (exact) mass is 357 g/mol. The Labute approximate surface area is 152 Å². The molecule has 1 unspecified atom stereocenters. The Hall–Kier alpha value is -2.78. The summed E-state index contributed by atoms with van der Waals surface area (Å²) in [5.41, 5.74) is 3.68. The van der Waals surface area contributed by atoms with Crippen molar-refractivity contribution in [1.29, 1.82) is 0 Å². The van der Waals surface area contributed by atoms with E-state index in [0.717, 1.165) is 18.5 Å². The quantitative estimate of drug-likeness (QED) is 0.814. The number of carbonyl (C=O) groups excluding carboxylic acids is 4. The van der Waals surface area contributed by atoms with Gasteiger partial charge in [-0.3, -0.25) is 0 Å². The summed E-state index contributed by atoms with van der Waals surface area (Å²) in [5, 5.41) is 3.68. The first-order chi connectivity index (χ1) is 12.5. The maximum absolute atomic E-state index is 8.12. The summed E-state index contributed by atoms with van der Waals surface area (Å²) in [4.78, 5) is 32.5. The number of nitrogens with one attached hydrogen (secondary N) is 1. The van der Waals surface area contributed by atoms with Crippen LogP contribution in [-0.2, 0) is 23.9 Å². The van der Waals surface area contributed by atoms with Gasteiger partial charge in [0.15, 0.2) is 0 Å². The zero-order valence-electron chi connectivity index (χ0n) is 15.2. The Morgan fingerprint density at radius 3 is 2.15 bits per heavy atom. The van der Waals surface area contributed by atoms with Gasteiger partial charge in [-0.05, 0) is 49.6 Å². The van der Waals surface area contributed by atoms with Crippen molar-refractivity contribution in [3.05, 3.63) is 53.6 Å². The van der Waals surface area contributed by atoms with Gasteiger partial charge in [-0.25, -0.2) is 0 Å². The standard InChI is InChI=1S/C18H23NO.2CO2/c1-4-8-17(19-15-9-6-5-7-10-15)18-12-11-16(20-18)13(2)14(18)3;2*2-1-3/h5-7,9-12,16-17,19H,4,8H2,1-3H3;;/t16-,17-,18?;;/m0../s1. The van der Waals surface area contributed by atoms with E-state index in [1.165, 1.54) is 11.1 Å². The minimum atomic E-state index is -0.249.